The van der Waals surface area contributed by atoms with E-state index in [1.54, 1.807) is 0 Å². The molecule has 0 spiro atoms. The van der Waals surface area contributed by atoms with E-state index in [-0.39, 0.29) is 12.5 Å². The van der Waals surface area contributed by atoms with Gasteiger partial charge in [0.05, 0.1) is 0 Å². The lowest BCUT2D eigenvalue weighted by Gasteiger charge is -2.19. The molecule has 0 aliphatic rings. The molecule has 1 rings (SSSR count). The highest BCUT2D eigenvalue weighted by molar-refractivity contribution is 6.29. The molecule has 16 heavy (non-hydrogen) atoms. The summed E-state index contributed by atoms with van der Waals surface area (Å²) in [7, 11) is 0. The number of carbonyl (C=O) groups excluding carboxylic acids is 1. The summed E-state index contributed by atoms with van der Waals surface area (Å²) in [6.07, 6.45) is 1.32. The van der Waals surface area contributed by atoms with Gasteiger partial charge in [-0.15, -0.1) is 0 Å². The average molecular weight is 244 g/mol. The fourth-order valence-corrected chi connectivity index (χ4v) is 1.12. The summed E-state index contributed by atoms with van der Waals surface area (Å²) in [6, 6.07) is 1.53. The normalized spacial score (nSPS) is 11.0. The second kappa shape index (κ2) is 5.12. The zero-order valence-corrected chi connectivity index (χ0v) is 10.2. The lowest BCUT2D eigenvalue weighted by molar-refractivity contribution is -0.152. The predicted molar refractivity (Wildman–Crippen MR) is 61.4 cm³/mol. The summed E-state index contributed by atoms with van der Waals surface area (Å²) < 4.78 is 5.11. The number of halogens is 1. The topological polar surface area (TPSA) is 64.1 Å². The van der Waals surface area contributed by atoms with Crippen LogP contribution in [0.3, 0.4) is 0 Å². The zero-order chi connectivity index (χ0) is 12.2. The van der Waals surface area contributed by atoms with Gasteiger partial charge in [-0.25, -0.2) is 9.97 Å². The quantitative estimate of drug-likeness (QED) is 0.649. The number of nitrogens with one attached hydrogen (secondary N) is 1. The van der Waals surface area contributed by atoms with Crippen LogP contribution in [0, 0.1) is 0 Å². The summed E-state index contributed by atoms with van der Waals surface area (Å²) in [5.74, 6) is 0.146. The predicted octanol–water partition coefficient (Wildman–Crippen LogP) is 1.88. The Kier molecular flexibility index (Phi) is 4.06. The first-order valence-corrected chi connectivity index (χ1v) is 5.18. The Morgan fingerprint density at radius 3 is 2.75 bits per heavy atom. The maximum Gasteiger partial charge on any atom is 0.325 e. The molecule has 5 nitrogen and oxygen atoms in total. The number of ether oxygens (including phenoxy) is 1. The van der Waals surface area contributed by atoms with Gasteiger partial charge >= 0.3 is 5.97 Å². The Morgan fingerprint density at radius 2 is 2.19 bits per heavy atom. The van der Waals surface area contributed by atoms with E-state index in [1.807, 2.05) is 20.8 Å². The lowest BCUT2D eigenvalue weighted by atomic mass is 10.2. The first-order chi connectivity index (χ1) is 7.37. The minimum atomic E-state index is -0.484. The Bertz CT molecular complexity index is 377. The number of carbonyl (C=O) groups is 1. The molecule has 0 atom stereocenters. The SMILES string of the molecule is CC(C)(C)OC(=O)CNc1cc(Cl)ncn1. The van der Waals surface area contributed by atoms with Crippen molar-refractivity contribution < 1.29 is 9.53 Å². The molecule has 0 amide bonds. The van der Waals surface area contributed by atoms with E-state index in [0.29, 0.717) is 11.0 Å². The van der Waals surface area contributed by atoms with Gasteiger partial charge in [-0.2, -0.15) is 0 Å². The van der Waals surface area contributed by atoms with Crippen LogP contribution in [0.5, 0.6) is 0 Å². The molecule has 0 aliphatic heterocycles. The van der Waals surface area contributed by atoms with Crippen molar-refractivity contribution in [2.45, 2.75) is 26.4 Å². The van der Waals surface area contributed by atoms with Gasteiger partial charge in [-0.3, -0.25) is 4.79 Å². The number of aromatic nitrogens is 2. The molecule has 6 heteroatoms. The smallest absolute Gasteiger partial charge is 0.325 e. The van der Waals surface area contributed by atoms with Crippen molar-refractivity contribution in [2.24, 2.45) is 0 Å². The Morgan fingerprint density at radius 1 is 1.50 bits per heavy atom. The van der Waals surface area contributed by atoms with E-state index in [2.05, 4.69) is 15.3 Å². The van der Waals surface area contributed by atoms with Crippen LogP contribution >= 0.6 is 11.6 Å². The van der Waals surface area contributed by atoms with Crippen LogP contribution < -0.4 is 5.32 Å². The van der Waals surface area contributed by atoms with E-state index in [0.717, 1.165) is 0 Å². The number of hydrogen-bond acceptors (Lipinski definition) is 5. The minimum Gasteiger partial charge on any atom is -0.459 e. The van der Waals surface area contributed by atoms with Crippen LogP contribution in [-0.4, -0.2) is 28.1 Å². The third kappa shape index (κ3) is 4.93. The summed E-state index contributed by atoms with van der Waals surface area (Å²) in [6.45, 7) is 5.48. The summed E-state index contributed by atoms with van der Waals surface area (Å²) >= 11 is 5.66. The van der Waals surface area contributed by atoms with Crippen LogP contribution in [-0.2, 0) is 9.53 Å². The molecule has 0 aromatic carbocycles. The second-order valence-electron chi connectivity index (χ2n) is 4.17. The molecule has 0 fully saturated rings. The van der Waals surface area contributed by atoms with E-state index >= 15 is 0 Å². The van der Waals surface area contributed by atoms with Crippen molar-refractivity contribution >= 4 is 23.4 Å². The molecule has 0 bridgehead atoms. The Labute approximate surface area is 99.2 Å². The highest BCUT2D eigenvalue weighted by Gasteiger charge is 2.15. The summed E-state index contributed by atoms with van der Waals surface area (Å²) in [4.78, 5) is 19.0. The average Bonchev–Trinajstić information content (AvgIpc) is 2.12. The monoisotopic (exact) mass is 243 g/mol. The van der Waals surface area contributed by atoms with Crippen LogP contribution in [0.4, 0.5) is 5.82 Å². The fourth-order valence-electron chi connectivity index (χ4n) is 0.971. The molecular formula is C10H14ClN3O2. The zero-order valence-electron chi connectivity index (χ0n) is 9.45. The van der Waals surface area contributed by atoms with Crippen LogP contribution in [0.1, 0.15) is 20.8 Å². The molecule has 0 saturated heterocycles. The third-order valence-electron chi connectivity index (χ3n) is 1.47. The number of hydrogen-bond donors (Lipinski definition) is 1. The van der Waals surface area contributed by atoms with Gasteiger partial charge in [0.25, 0.3) is 0 Å². The van der Waals surface area contributed by atoms with E-state index in [1.165, 1.54) is 12.4 Å². The molecule has 1 N–H and O–H groups in total. The number of rotatable bonds is 3. The van der Waals surface area contributed by atoms with Crippen molar-refractivity contribution in [3.05, 3.63) is 17.5 Å². The van der Waals surface area contributed by atoms with E-state index in [4.69, 9.17) is 16.3 Å². The van der Waals surface area contributed by atoms with Gasteiger partial charge in [0.2, 0.25) is 0 Å². The highest BCUT2D eigenvalue weighted by atomic mass is 35.5. The first kappa shape index (κ1) is 12.7. The van der Waals surface area contributed by atoms with Gasteiger partial charge in [0.1, 0.15) is 29.4 Å². The molecule has 88 valence electrons. The van der Waals surface area contributed by atoms with Crippen molar-refractivity contribution in [1.82, 2.24) is 9.97 Å². The molecule has 1 aromatic heterocycles. The van der Waals surface area contributed by atoms with Crippen molar-refractivity contribution in [3.8, 4) is 0 Å². The minimum absolute atomic E-state index is 0.0462. The Balaban J connectivity index is 2.43. The number of nitrogens with zero attached hydrogens (tertiary/aromatic N) is 2. The van der Waals surface area contributed by atoms with Crippen LogP contribution in [0.15, 0.2) is 12.4 Å². The standard InChI is InChI=1S/C10H14ClN3O2/c1-10(2,3)16-9(15)5-12-8-4-7(11)13-6-14-8/h4,6H,5H2,1-3H3,(H,12,13,14). The van der Waals surface area contributed by atoms with Crippen molar-refractivity contribution in [1.29, 1.82) is 0 Å². The maximum atomic E-state index is 11.4. The largest absolute Gasteiger partial charge is 0.459 e. The van der Waals surface area contributed by atoms with Gasteiger partial charge in [0, 0.05) is 6.07 Å². The van der Waals surface area contributed by atoms with Gasteiger partial charge in [-0.1, -0.05) is 11.6 Å². The second-order valence-corrected chi connectivity index (χ2v) is 4.55. The summed E-state index contributed by atoms with van der Waals surface area (Å²) in [5.41, 5.74) is -0.484. The van der Waals surface area contributed by atoms with Crippen LogP contribution in [0.2, 0.25) is 5.15 Å². The third-order valence-corrected chi connectivity index (χ3v) is 1.67. The molecule has 1 aromatic rings. The molecule has 0 aliphatic carbocycles. The van der Waals surface area contributed by atoms with E-state index in [9.17, 15) is 4.79 Å². The van der Waals surface area contributed by atoms with E-state index < -0.39 is 5.60 Å². The molecular weight excluding hydrogens is 230 g/mol. The van der Waals surface area contributed by atoms with Crippen molar-refractivity contribution in [2.75, 3.05) is 11.9 Å². The van der Waals surface area contributed by atoms with Gasteiger partial charge < -0.3 is 10.1 Å². The fraction of sp³-hybridized carbons (Fsp3) is 0.500. The molecule has 1 heterocycles. The molecule has 0 saturated carbocycles. The number of esters is 1. The van der Waals surface area contributed by atoms with Crippen molar-refractivity contribution in [3.63, 3.8) is 0 Å². The first-order valence-electron chi connectivity index (χ1n) is 4.80. The lowest BCUT2D eigenvalue weighted by Crippen LogP contribution is -2.28. The van der Waals surface area contributed by atoms with Crippen LogP contribution in [0.25, 0.3) is 0 Å². The summed E-state index contributed by atoms with van der Waals surface area (Å²) in [5, 5.41) is 3.12. The molecule has 0 unspecified atom stereocenters. The number of anilines is 1. The van der Waals surface area contributed by atoms with Gasteiger partial charge in [-0.05, 0) is 20.8 Å². The highest BCUT2D eigenvalue weighted by Crippen LogP contribution is 2.09. The maximum absolute atomic E-state index is 11.4. The molecule has 0 radical (unpaired) electrons. The Hall–Kier alpha value is -1.36. The van der Waals surface area contributed by atoms with Gasteiger partial charge in [0.15, 0.2) is 0 Å².